The van der Waals surface area contributed by atoms with Crippen molar-refractivity contribution in [2.24, 2.45) is 11.8 Å². The average Bonchev–Trinajstić information content (AvgIpc) is 2.60. The zero-order valence-corrected chi connectivity index (χ0v) is 14.5. The second kappa shape index (κ2) is 9.68. The summed E-state index contributed by atoms with van der Waals surface area (Å²) >= 11 is 0. The lowest BCUT2D eigenvalue weighted by Gasteiger charge is -2.30. The molecule has 0 aromatic heterocycles. The van der Waals surface area contributed by atoms with Gasteiger partial charge in [-0.2, -0.15) is 0 Å². The second-order valence-electron chi connectivity index (χ2n) is 6.58. The predicted molar refractivity (Wildman–Crippen MR) is 93.1 cm³/mol. The van der Waals surface area contributed by atoms with Gasteiger partial charge in [0.05, 0.1) is 6.61 Å². The van der Waals surface area contributed by atoms with Gasteiger partial charge in [0, 0.05) is 26.6 Å². The zero-order valence-electron chi connectivity index (χ0n) is 14.5. The Labute approximate surface area is 140 Å². The molecule has 0 spiro atoms. The van der Waals surface area contributed by atoms with Crippen molar-refractivity contribution >= 4 is 5.91 Å². The second-order valence-corrected chi connectivity index (χ2v) is 6.58. The number of hydrogen-bond acceptors (Lipinski definition) is 3. The van der Waals surface area contributed by atoms with E-state index in [-0.39, 0.29) is 5.91 Å². The van der Waals surface area contributed by atoms with E-state index in [1.807, 2.05) is 23.1 Å². The van der Waals surface area contributed by atoms with Gasteiger partial charge in [0.25, 0.3) is 0 Å². The number of ether oxygens (including phenoxy) is 1. The van der Waals surface area contributed by atoms with Gasteiger partial charge in [-0.3, -0.25) is 4.79 Å². The van der Waals surface area contributed by atoms with Gasteiger partial charge in [-0.25, -0.2) is 0 Å². The van der Waals surface area contributed by atoms with E-state index >= 15 is 0 Å². The maximum atomic E-state index is 12.8. The van der Waals surface area contributed by atoms with E-state index < -0.39 is 0 Å². The molecule has 1 N–H and O–H groups in total. The average molecular weight is 318 g/mol. The van der Waals surface area contributed by atoms with Crippen LogP contribution in [0.4, 0.5) is 0 Å². The Morgan fingerprint density at radius 1 is 1.39 bits per heavy atom. The highest BCUT2D eigenvalue weighted by Gasteiger charge is 2.24. The van der Waals surface area contributed by atoms with Crippen molar-refractivity contribution in [1.29, 1.82) is 0 Å². The number of piperidine rings is 1. The Kier molecular flexibility index (Phi) is 7.56. The molecule has 4 heteroatoms. The summed E-state index contributed by atoms with van der Waals surface area (Å²) in [5.74, 6) is 1.29. The molecule has 23 heavy (non-hydrogen) atoms. The molecule has 2 atom stereocenters. The van der Waals surface area contributed by atoms with Gasteiger partial charge in [-0.15, -0.1) is 0 Å². The SMILES string of the molecule is COCCN(Cc1ccccc1)C(=O)CC(C)C1CCCNC1. The third kappa shape index (κ3) is 5.96. The van der Waals surface area contributed by atoms with E-state index in [0.29, 0.717) is 38.0 Å². The predicted octanol–water partition coefficient (Wildman–Crippen LogP) is 2.69. The molecule has 1 fully saturated rings. The van der Waals surface area contributed by atoms with Crippen molar-refractivity contribution < 1.29 is 9.53 Å². The van der Waals surface area contributed by atoms with E-state index in [4.69, 9.17) is 4.74 Å². The molecular weight excluding hydrogens is 288 g/mol. The number of carbonyl (C=O) groups is 1. The summed E-state index contributed by atoms with van der Waals surface area (Å²) in [6, 6.07) is 10.2. The number of amides is 1. The van der Waals surface area contributed by atoms with Gasteiger partial charge in [0.1, 0.15) is 0 Å². The Morgan fingerprint density at radius 2 is 2.17 bits per heavy atom. The maximum absolute atomic E-state index is 12.8. The fourth-order valence-electron chi connectivity index (χ4n) is 3.23. The van der Waals surface area contributed by atoms with Crippen molar-refractivity contribution in [3.63, 3.8) is 0 Å². The maximum Gasteiger partial charge on any atom is 0.223 e. The molecule has 1 heterocycles. The van der Waals surface area contributed by atoms with E-state index in [9.17, 15) is 4.79 Å². The highest BCUT2D eigenvalue weighted by molar-refractivity contribution is 5.76. The van der Waals surface area contributed by atoms with Crippen LogP contribution in [0.15, 0.2) is 30.3 Å². The highest BCUT2D eigenvalue weighted by Crippen LogP contribution is 2.23. The molecule has 0 radical (unpaired) electrons. The van der Waals surface area contributed by atoms with Gasteiger partial charge >= 0.3 is 0 Å². The Balaban J connectivity index is 1.92. The van der Waals surface area contributed by atoms with Gasteiger partial charge < -0.3 is 15.0 Å². The van der Waals surface area contributed by atoms with E-state index in [1.54, 1.807) is 7.11 Å². The molecule has 128 valence electrons. The minimum absolute atomic E-state index is 0.240. The smallest absolute Gasteiger partial charge is 0.223 e. The molecule has 2 unspecified atom stereocenters. The molecule has 1 aromatic rings. The summed E-state index contributed by atoms with van der Waals surface area (Å²) in [4.78, 5) is 14.7. The third-order valence-electron chi connectivity index (χ3n) is 4.77. The first kappa shape index (κ1) is 18.0. The summed E-state index contributed by atoms with van der Waals surface area (Å²) in [6.45, 7) is 6.28. The third-order valence-corrected chi connectivity index (χ3v) is 4.77. The Hall–Kier alpha value is -1.39. The minimum atomic E-state index is 0.240. The molecule has 0 saturated carbocycles. The summed E-state index contributed by atoms with van der Waals surface area (Å²) in [6.07, 6.45) is 3.09. The molecule has 1 saturated heterocycles. The van der Waals surface area contributed by atoms with E-state index in [1.165, 1.54) is 18.4 Å². The first-order valence-corrected chi connectivity index (χ1v) is 8.72. The number of hydrogen-bond donors (Lipinski definition) is 1. The summed E-state index contributed by atoms with van der Waals surface area (Å²) < 4.78 is 5.18. The van der Waals surface area contributed by atoms with Crippen LogP contribution < -0.4 is 5.32 Å². The zero-order chi connectivity index (χ0) is 16.5. The van der Waals surface area contributed by atoms with Crippen molar-refractivity contribution in [3.05, 3.63) is 35.9 Å². The highest BCUT2D eigenvalue weighted by atomic mass is 16.5. The monoisotopic (exact) mass is 318 g/mol. The lowest BCUT2D eigenvalue weighted by Crippen LogP contribution is -2.38. The molecule has 1 amide bonds. The number of nitrogens with zero attached hydrogens (tertiary/aromatic N) is 1. The van der Waals surface area contributed by atoms with Crippen LogP contribution in [0.2, 0.25) is 0 Å². The molecule has 0 bridgehead atoms. The number of rotatable bonds is 8. The lowest BCUT2D eigenvalue weighted by molar-refractivity contribution is -0.133. The Morgan fingerprint density at radius 3 is 2.83 bits per heavy atom. The van der Waals surface area contributed by atoms with Crippen LogP contribution in [-0.4, -0.2) is 44.2 Å². The Bertz CT molecular complexity index is 458. The van der Waals surface area contributed by atoms with Crippen LogP contribution in [0.25, 0.3) is 0 Å². The quantitative estimate of drug-likeness (QED) is 0.801. The lowest BCUT2D eigenvalue weighted by atomic mass is 9.85. The summed E-state index contributed by atoms with van der Waals surface area (Å²) in [5, 5.41) is 3.45. The molecule has 2 rings (SSSR count). The first-order chi connectivity index (χ1) is 11.2. The van der Waals surface area contributed by atoms with Crippen molar-refractivity contribution in [2.45, 2.75) is 32.7 Å². The standard InChI is InChI=1S/C19H30N2O2/c1-16(18-9-6-10-20-14-18)13-19(22)21(11-12-23-2)15-17-7-4-3-5-8-17/h3-5,7-8,16,18,20H,6,9-15H2,1-2H3. The number of nitrogens with one attached hydrogen (secondary N) is 1. The van der Waals surface area contributed by atoms with Crippen LogP contribution >= 0.6 is 0 Å². The molecule has 1 aromatic carbocycles. The fraction of sp³-hybridized carbons (Fsp3) is 0.632. The number of methoxy groups -OCH3 is 1. The molecule has 4 nitrogen and oxygen atoms in total. The van der Waals surface area contributed by atoms with Crippen LogP contribution in [0.5, 0.6) is 0 Å². The molecular formula is C19H30N2O2. The van der Waals surface area contributed by atoms with Crippen molar-refractivity contribution in [1.82, 2.24) is 10.2 Å². The van der Waals surface area contributed by atoms with Crippen molar-refractivity contribution in [2.75, 3.05) is 33.4 Å². The molecule has 1 aliphatic rings. The molecule has 0 aliphatic carbocycles. The molecule has 1 aliphatic heterocycles. The van der Waals surface area contributed by atoms with Crippen LogP contribution in [0, 0.1) is 11.8 Å². The largest absolute Gasteiger partial charge is 0.383 e. The van der Waals surface area contributed by atoms with Gasteiger partial charge in [0.15, 0.2) is 0 Å². The van der Waals surface area contributed by atoms with Crippen LogP contribution in [-0.2, 0) is 16.1 Å². The number of benzene rings is 1. The van der Waals surface area contributed by atoms with Gasteiger partial charge in [-0.1, -0.05) is 37.3 Å². The normalized spacial score (nSPS) is 19.3. The van der Waals surface area contributed by atoms with Crippen molar-refractivity contribution in [3.8, 4) is 0 Å². The van der Waals surface area contributed by atoms with Gasteiger partial charge in [-0.05, 0) is 43.3 Å². The van der Waals surface area contributed by atoms with Crippen LogP contribution in [0.3, 0.4) is 0 Å². The van der Waals surface area contributed by atoms with Gasteiger partial charge in [0.2, 0.25) is 5.91 Å². The fourth-order valence-corrected chi connectivity index (χ4v) is 3.23. The summed E-state index contributed by atoms with van der Waals surface area (Å²) in [7, 11) is 1.68. The first-order valence-electron chi connectivity index (χ1n) is 8.72. The topological polar surface area (TPSA) is 41.6 Å². The number of carbonyl (C=O) groups excluding carboxylic acids is 1. The van der Waals surface area contributed by atoms with Crippen LogP contribution in [0.1, 0.15) is 31.7 Å². The summed E-state index contributed by atoms with van der Waals surface area (Å²) in [5.41, 5.74) is 1.17. The minimum Gasteiger partial charge on any atom is -0.383 e. The van der Waals surface area contributed by atoms with E-state index in [0.717, 1.165) is 13.1 Å². The van der Waals surface area contributed by atoms with E-state index in [2.05, 4.69) is 24.4 Å².